The molecule has 6 heteroatoms. The number of carbonyl (C=O) groups excluding carboxylic acids is 2. The molecule has 0 saturated heterocycles. The Morgan fingerprint density at radius 3 is 1.29 bits per heavy atom. The molecule has 0 radical (unpaired) electrons. The van der Waals surface area contributed by atoms with Gasteiger partial charge in [-0.1, -0.05) is 244 Å². The molecule has 0 aromatic heterocycles. The van der Waals surface area contributed by atoms with Crippen LogP contribution in [0.4, 0.5) is 0 Å². The fourth-order valence-electron chi connectivity index (χ4n) is 8.27. The van der Waals surface area contributed by atoms with E-state index in [1.165, 1.54) is 193 Å². The first-order valence-electron chi connectivity index (χ1n) is 27.2. The number of ether oxygens (including phenoxy) is 1. The van der Waals surface area contributed by atoms with Gasteiger partial charge >= 0.3 is 5.97 Å². The lowest BCUT2D eigenvalue weighted by atomic mass is 10.0. The highest BCUT2D eigenvalue weighted by atomic mass is 16.5. The predicted molar refractivity (Wildman–Crippen MR) is 269 cm³/mol. The van der Waals surface area contributed by atoms with E-state index in [1.807, 2.05) is 12.2 Å². The van der Waals surface area contributed by atoms with Crippen molar-refractivity contribution in [3.63, 3.8) is 0 Å². The SMILES string of the molecule is CCCCCC/C=C\CCCCCCCCCC(=O)OC(/C=C/C/C=C\CCCCCCCC)CC(=O)NC(CO)C(O)CCCCCCCCCCCCCCCCCCC. The monoisotopic (exact) mass is 872 g/mol. The Morgan fingerprint density at radius 2 is 0.855 bits per heavy atom. The molecule has 0 rings (SSSR count). The number of hydrogen-bond acceptors (Lipinski definition) is 5. The minimum atomic E-state index is -0.810. The van der Waals surface area contributed by atoms with Crippen LogP contribution < -0.4 is 5.32 Å². The van der Waals surface area contributed by atoms with Gasteiger partial charge in [0.25, 0.3) is 0 Å². The molecule has 3 atom stereocenters. The molecule has 0 saturated carbocycles. The van der Waals surface area contributed by atoms with Gasteiger partial charge in [0.2, 0.25) is 5.91 Å². The van der Waals surface area contributed by atoms with Crippen molar-refractivity contribution >= 4 is 11.9 Å². The second kappa shape index (κ2) is 50.1. The molecule has 3 N–H and O–H groups in total. The van der Waals surface area contributed by atoms with Crippen molar-refractivity contribution in [2.45, 2.75) is 302 Å². The van der Waals surface area contributed by atoms with E-state index in [0.717, 1.165) is 51.4 Å². The Bertz CT molecular complexity index is 1020. The molecule has 3 unspecified atom stereocenters. The van der Waals surface area contributed by atoms with Crippen molar-refractivity contribution in [2.75, 3.05) is 6.61 Å². The van der Waals surface area contributed by atoms with Gasteiger partial charge in [0.15, 0.2) is 0 Å². The zero-order valence-electron chi connectivity index (χ0n) is 41.5. The van der Waals surface area contributed by atoms with E-state index in [9.17, 15) is 19.8 Å². The van der Waals surface area contributed by atoms with Gasteiger partial charge in [-0.05, 0) is 63.9 Å². The standard InChI is InChI=1S/C56H105NO5/c1-4-7-10-13-16-19-22-24-26-27-29-30-33-36-39-42-45-48-54(59)53(51-58)57-55(60)50-52(47-44-41-38-35-32-21-18-15-12-9-6-3)62-56(61)49-46-43-40-37-34-31-28-25-23-20-17-14-11-8-5-2/h20,23,35,38,44,47,52-54,58-59H,4-19,21-22,24-34,36-37,39-43,45-46,48-51H2,1-3H3,(H,57,60)/b23-20-,38-35-,47-44+. The molecule has 0 bridgehead atoms. The molecule has 364 valence electrons. The van der Waals surface area contributed by atoms with Gasteiger partial charge in [-0.2, -0.15) is 0 Å². The van der Waals surface area contributed by atoms with Crippen molar-refractivity contribution in [3.8, 4) is 0 Å². The lowest BCUT2D eigenvalue weighted by molar-refractivity contribution is -0.148. The third-order valence-electron chi connectivity index (χ3n) is 12.4. The average Bonchev–Trinajstić information content (AvgIpc) is 3.26. The van der Waals surface area contributed by atoms with E-state index in [1.54, 1.807) is 0 Å². The summed E-state index contributed by atoms with van der Waals surface area (Å²) in [5.41, 5.74) is 0. The highest BCUT2D eigenvalue weighted by Gasteiger charge is 2.23. The van der Waals surface area contributed by atoms with E-state index in [4.69, 9.17) is 4.74 Å². The van der Waals surface area contributed by atoms with Crippen molar-refractivity contribution < 1.29 is 24.5 Å². The summed E-state index contributed by atoms with van der Waals surface area (Å²) in [6.07, 6.45) is 59.5. The molecule has 0 aromatic carbocycles. The zero-order chi connectivity index (χ0) is 45.2. The molecular weight excluding hydrogens is 767 g/mol. The third kappa shape index (κ3) is 44.7. The summed E-state index contributed by atoms with van der Waals surface area (Å²) in [6, 6.07) is -0.731. The molecule has 0 spiro atoms. The summed E-state index contributed by atoms with van der Waals surface area (Å²) in [4.78, 5) is 26.1. The van der Waals surface area contributed by atoms with Crippen LogP contribution in [0.25, 0.3) is 0 Å². The minimum Gasteiger partial charge on any atom is -0.458 e. The summed E-state index contributed by atoms with van der Waals surface area (Å²) < 4.78 is 5.83. The van der Waals surface area contributed by atoms with E-state index in [-0.39, 0.29) is 24.9 Å². The lowest BCUT2D eigenvalue weighted by Crippen LogP contribution is -2.46. The number of amides is 1. The van der Waals surface area contributed by atoms with Gasteiger partial charge in [0.05, 0.1) is 25.2 Å². The average molecular weight is 872 g/mol. The predicted octanol–water partition coefficient (Wildman–Crippen LogP) is 16.5. The van der Waals surface area contributed by atoms with Gasteiger partial charge in [0.1, 0.15) is 6.10 Å². The quantitative estimate of drug-likeness (QED) is 0.0321. The van der Waals surface area contributed by atoms with Gasteiger partial charge in [-0.15, -0.1) is 0 Å². The largest absolute Gasteiger partial charge is 0.458 e. The number of esters is 1. The molecule has 0 aliphatic rings. The van der Waals surface area contributed by atoms with Crippen LogP contribution in [0.15, 0.2) is 36.5 Å². The highest BCUT2D eigenvalue weighted by molar-refractivity contribution is 5.78. The molecule has 0 aromatic rings. The topological polar surface area (TPSA) is 95.9 Å². The van der Waals surface area contributed by atoms with Crippen LogP contribution in [-0.4, -0.2) is 46.9 Å². The van der Waals surface area contributed by atoms with E-state index < -0.39 is 18.2 Å². The number of unbranched alkanes of at least 4 members (excludes halogenated alkanes) is 33. The van der Waals surface area contributed by atoms with Gasteiger partial charge in [-0.25, -0.2) is 0 Å². The molecule has 0 aliphatic heterocycles. The van der Waals surface area contributed by atoms with Crippen molar-refractivity contribution in [1.29, 1.82) is 0 Å². The maximum absolute atomic E-state index is 13.2. The third-order valence-corrected chi connectivity index (χ3v) is 12.4. The Labute approximate surface area is 385 Å². The molecule has 6 nitrogen and oxygen atoms in total. The van der Waals surface area contributed by atoms with E-state index in [2.05, 4.69) is 50.4 Å². The number of aliphatic hydroxyl groups is 2. The lowest BCUT2D eigenvalue weighted by Gasteiger charge is -2.23. The number of carbonyl (C=O) groups is 2. The molecule has 62 heavy (non-hydrogen) atoms. The van der Waals surface area contributed by atoms with Crippen LogP contribution >= 0.6 is 0 Å². The van der Waals surface area contributed by atoms with Crippen molar-refractivity contribution in [3.05, 3.63) is 36.5 Å². The number of rotatable bonds is 49. The summed E-state index contributed by atoms with van der Waals surface area (Å²) in [5.74, 6) is -0.598. The van der Waals surface area contributed by atoms with Crippen LogP contribution in [0.1, 0.15) is 284 Å². The van der Waals surface area contributed by atoms with Gasteiger partial charge < -0.3 is 20.3 Å². The fraction of sp³-hybridized carbons (Fsp3) is 0.857. The maximum atomic E-state index is 13.2. The van der Waals surface area contributed by atoms with Crippen LogP contribution in [-0.2, 0) is 14.3 Å². The smallest absolute Gasteiger partial charge is 0.306 e. The molecule has 1 amide bonds. The van der Waals surface area contributed by atoms with E-state index in [0.29, 0.717) is 12.8 Å². The van der Waals surface area contributed by atoms with Crippen molar-refractivity contribution in [2.24, 2.45) is 0 Å². The van der Waals surface area contributed by atoms with Gasteiger partial charge in [-0.3, -0.25) is 9.59 Å². The molecule has 0 aliphatic carbocycles. The van der Waals surface area contributed by atoms with Crippen LogP contribution in [0.5, 0.6) is 0 Å². The first-order chi connectivity index (χ1) is 30.5. The Balaban J connectivity index is 4.52. The molecule has 0 heterocycles. The van der Waals surface area contributed by atoms with E-state index >= 15 is 0 Å². The summed E-state index contributed by atoms with van der Waals surface area (Å²) in [5, 5.41) is 23.8. The van der Waals surface area contributed by atoms with Crippen molar-refractivity contribution in [1.82, 2.24) is 5.32 Å². The number of hydrogen-bond donors (Lipinski definition) is 3. The zero-order valence-corrected chi connectivity index (χ0v) is 41.5. The van der Waals surface area contributed by atoms with Crippen LogP contribution in [0.3, 0.4) is 0 Å². The molecule has 0 fully saturated rings. The Kier molecular flexibility index (Phi) is 48.5. The van der Waals surface area contributed by atoms with Crippen LogP contribution in [0, 0.1) is 0 Å². The minimum absolute atomic E-state index is 0.0277. The Morgan fingerprint density at radius 1 is 0.484 bits per heavy atom. The Hall–Kier alpha value is -1.92. The fourth-order valence-corrected chi connectivity index (χ4v) is 8.27. The van der Waals surface area contributed by atoms with Crippen LogP contribution in [0.2, 0.25) is 0 Å². The van der Waals surface area contributed by atoms with Gasteiger partial charge in [0, 0.05) is 6.42 Å². The second-order valence-electron chi connectivity index (χ2n) is 18.6. The number of allylic oxidation sites excluding steroid dienone is 5. The highest BCUT2D eigenvalue weighted by Crippen LogP contribution is 2.17. The second-order valence-corrected chi connectivity index (χ2v) is 18.6. The number of nitrogens with one attached hydrogen (secondary N) is 1. The maximum Gasteiger partial charge on any atom is 0.306 e. The first kappa shape index (κ1) is 60.1. The summed E-state index contributed by atoms with van der Waals surface area (Å²) in [7, 11) is 0. The number of aliphatic hydroxyl groups excluding tert-OH is 2. The molecular formula is C56H105NO5. The normalized spacial score (nSPS) is 13.4. The summed E-state index contributed by atoms with van der Waals surface area (Å²) in [6.45, 7) is 6.45. The summed E-state index contributed by atoms with van der Waals surface area (Å²) >= 11 is 0. The first-order valence-corrected chi connectivity index (χ1v) is 27.2.